The molecule has 0 saturated carbocycles. The predicted molar refractivity (Wildman–Crippen MR) is 112 cm³/mol. The molecule has 0 atom stereocenters. The Labute approximate surface area is 172 Å². The Morgan fingerprint density at radius 2 is 1.30 bits per heavy atom. The molecule has 0 aliphatic heterocycles. The van der Waals surface area contributed by atoms with E-state index in [1.165, 1.54) is 17.6 Å². The third-order valence-corrected chi connectivity index (χ3v) is 4.93. The first-order valence-electron chi connectivity index (χ1n) is 9.41. The van der Waals surface area contributed by atoms with Gasteiger partial charge in [-0.1, -0.05) is 72.8 Å². The molecule has 0 spiro atoms. The Kier molecular flexibility index (Phi) is 5.04. The minimum absolute atomic E-state index is 0.275. The fourth-order valence-corrected chi connectivity index (χ4v) is 3.62. The topological polar surface area (TPSA) is 22.0 Å². The van der Waals surface area contributed by atoms with Crippen LogP contribution >= 0.6 is 0 Å². The number of alkyl halides is 3. The second-order valence-electron chi connectivity index (χ2n) is 6.96. The maximum absolute atomic E-state index is 13.3. The summed E-state index contributed by atoms with van der Waals surface area (Å²) in [4.78, 5) is 12.7. The van der Waals surface area contributed by atoms with Crippen molar-refractivity contribution in [2.24, 2.45) is 0 Å². The summed E-state index contributed by atoms with van der Waals surface area (Å²) in [7, 11) is 0. The number of aromatic nitrogens is 1. The molecule has 2 nitrogen and oxygen atoms in total. The van der Waals surface area contributed by atoms with E-state index in [-0.39, 0.29) is 5.91 Å². The summed E-state index contributed by atoms with van der Waals surface area (Å²) in [6.07, 6.45) is -4.46. The Morgan fingerprint density at radius 1 is 0.733 bits per heavy atom. The van der Waals surface area contributed by atoms with E-state index in [9.17, 15) is 18.0 Å². The van der Waals surface area contributed by atoms with E-state index < -0.39 is 11.7 Å². The van der Waals surface area contributed by atoms with Crippen LogP contribution in [0, 0.1) is 0 Å². The Morgan fingerprint density at radius 3 is 1.87 bits per heavy atom. The van der Waals surface area contributed by atoms with Crippen molar-refractivity contribution in [3.05, 3.63) is 96.6 Å². The molecule has 0 saturated heterocycles. The molecule has 0 N–H and O–H groups in total. The Bertz CT molecular complexity index is 1190. The summed E-state index contributed by atoms with van der Waals surface area (Å²) in [5.41, 5.74) is 3.13. The summed E-state index contributed by atoms with van der Waals surface area (Å²) < 4.78 is 41.3. The van der Waals surface area contributed by atoms with E-state index >= 15 is 0 Å². The van der Waals surface area contributed by atoms with Gasteiger partial charge >= 0.3 is 6.18 Å². The van der Waals surface area contributed by atoms with Crippen molar-refractivity contribution < 1.29 is 18.0 Å². The van der Waals surface area contributed by atoms with Gasteiger partial charge in [-0.2, -0.15) is 13.2 Å². The number of benzene rings is 3. The van der Waals surface area contributed by atoms with Gasteiger partial charge in [0.25, 0.3) is 0 Å². The fourth-order valence-electron chi connectivity index (χ4n) is 3.62. The molecule has 3 aromatic carbocycles. The quantitative estimate of drug-likeness (QED) is 0.354. The van der Waals surface area contributed by atoms with Gasteiger partial charge in [-0.25, -0.2) is 0 Å². The van der Waals surface area contributed by atoms with Crippen LogP contribution in [0.2, 0.25) is 0 Å². The van der Waals surface area contributed by atoms with E-state index in [0.29, 0.717) is 17.0 Å². The van der Waals surface area contributed by atoms with Gasteiger partial charge in [0.05, 0.1) is 17.0 Å². The molecule has 0 unspecified atom stereocenters. The van der Waals surface area contributed by atoms with E-state index in [1.54, 1.807) is 12.1 Å². The number of nitrogens with zero attached hydrogens (tertiary/aromatic N) is 1. The molecule has 4 aromatic rings. The maximum Gasteiger partial charge on any atom is 0.416 e. The number of hydrogen-bond donors (Lipinski definition) is 0. The predicted octanol–water partition coefficient (Wildman–Crippen LogP) is 7.17. The second kappa shape index (κ2) is 7.67. The summed E-state index contributed by atoms with van der Waals surface area (Å²) in [6, 6.07) is 25.7. The van der Waals surface area contributed by atoms with Crippen LogP contribution in [0.4, 0.5) is 13.2 Å². The third kappa shape index (κ3) is 3.66. The highest BCUT2D eigenvalue weighted by Crippen LogP contribution is 2.40. The van der Waals surface area contributed by atoms with Gasteiger partial charge in [0.1, 0.15) is 0 Å². The maximum atomic E-state index is 13.3. The van der Waals surface area contributed by atoms with Gasteiger partial charge in [-0.05, 0) is 34.9 Å². The highest BCUT2D eigenvalue weighted by molar-refractivity contribution is 5.96. The molecule has 1 aromatic heterocycles. The smallest absolute Gasteiger partial charge is 0.279 e. The van der Waals surface area contributed by atoms with Gasteiger partial charge < -0.3 is 0 Å². The fraction of sp³-hybridized carbons (Fsp3) is 0.0800. The van der Waals surface area contributed by atoms with Crippen LogP contribution in [0.3, 0.4) is 0 Å². The van der Waals surface area contributed by atoms with E-state index in [4.69, 9.17) is 0 Å². The molecule has 4 rings (SSSR count). The zero-order valence-corrected chi connectivity index (χ0v) is 16.1. The molecule has 0 aliphatic carbocycles. The average molecular weight is 405 g/mol. The van der Waals surface area contributed by atoms with Crippen molar-refractivity contribution in [2.45, 2.75) is 13.1 Å². The summed E-state index contributed by atoms with van der Waals surface area (Å²) in [5.74, 6) is -0.275. The molecule has 0 bridgehead atoms. The lowest BCUT2D eigenvalue weighted by atomic mass is 10.0. The minimum atomic E-state index is -4.46. The monoisotopic (exact) mass is 405 g/mol. The van der Waals surface area contributed by atoms with E-state index in [1.807, 2.05) is 60.7 Å². The molecule has 5 heteroatoms. The van der Waals surface area contributed by atoms with Crippen LogP contribution < -0.4 is 0 Å². The van der Waals surface area contributed by atoms with Gasteiger partial charge in [-0.3, -0.25) is 9.36 Å². The highest BCUT2D eigenvalue weighted by Gasteiger charge is 2.31. The van der Waals surface area contributed by atoms with Gasteiger partial charge in [0, 0.05) is 12.5 Å². The van der Waals surface area contributed by atoms with Crippen LogP contribution in [0.1, 0.15) is 17.3 Å². The molecule has 30 heavy (non-hydrogen) atoms. The van der Waals surface area contributed by atoms with Crippen LogP contribution in [0.25, 0.3) is 33.6 Å². The van der Waals surface area contributed by atoms with Crippen LogP contribution in [0.15, 0.2) is 91.0 Å². The van der Waals surface area contributed by atoms with Crippen LogP contribution in [0.5, 0.6) is 0 Å². The number of carbonyl (C=O) groups excluding carboxylic acids is 1. The third-order valence-electron chi connectivity index (χ3n) is 4.93. The lowest BCUT2D eigenvalue weighted by molar-refractivity contribution is -0.137. The summed E-state index contributed by atoms with van der Waals surface area (Å²) in [6.45, 7) is 1.42. The van der Waals surface area contributed by atoms with Crippen molar-refractivity contribution >= 4 is 5.91 Å². The lowest BCUT2D eigenvalue weighted by Crippen LogP contribution is -2.10. The standard InChI is InChI=1S/C25H18F3NO/c1-17(30)29-23(20-13-8-14-21(15-20)25(26,27)28)16-22(18-9-4-2-5-10-18)24(29)19-11-6-3-7-12-19/h2-16H,1H3. The molecule has 0 radical (unpaired) electrons. The van der Waals surface area contributed by atoms with E-state index in [2.05, 4.69) is 0 Å². The molecule has 0 fully saturated rings. The highest BCUT2D eigenvalue weighted by atomic mass is 19.4. The first kappa shape index (κ1) is 19.7. The number of halogens is 3. The minimum Gasteiger partial charge on any atom is -0.279 e. The SMILES string of the molecule is CC(=O)n1c(-c2cccc(C(F)(F)F)c2)cc(-c2ccccc2)c1-c1ccccc1. The molecule has 0 amide bonds. The average Bonchev–Trinajstić information content (AvgIpc) is 3.15. The molecule has 1 heterocycles. The van der Waals surface area contributed by atoms with Gasteiger partial charge in [0.2, 0.25) is 5.91 Å². The van der Waals surface area contributed by atoms with Gasteiger partial charge in [-0.15, -0.1) is 0 Å². The number of rotatable bonds is 3. The number of carbonyl (C=O) groups is 1. The van der Waals surface area contributed by atoms with Crippen LogP contribution in [-0.4, -0.2) is 10.5 Å². The second-order valence-corrected chi connectivity index (χ2v) is 6.96. The van der Waals surface area contributed by atoms with Crippen molar-refractivity contribution in [3.63, 3.8) is 0 Å². The summed E-state index contributed by atoms with van der Waals surface area (Å²) >= 11 is 0. The van der Waals surface area contributed by atoms with Crippen molar-refractivity contribution in [3.8, 4) is 33.6 Å². The van der Waals surface area contributed by atoms with Gasteiger partial charge in [0.15, 0.2) is 0 Å². The Balaban J connectivity index is 2.04. The van der Waals surface area contributed by atoms with Crippen molar-refractivity contribution in [1.29, 1.82) is 0 Å². The molecular weight excluding hydrogens is 387 g/mol. The first-order valence-corrected chi connectivity index (χ1v) is 9.41. The molecule has 150 valence electrons. The first-order chi connectivity index (χ1) is 14.4. The lowest BCUT2D eigenvalue weighted by Gasteiger charge is -2.13. The Hall–Kier alpha value is -3.60. The zero-order chi connectivity index (χ0) is 21.3. The van der Waals surface area contributed by atoms with E-state index in [0.717, 1.165) is 28.8 Å². The normalized spacial score (nSPS) is 11.5. The molecule has 0 aliphatic rings. The number of hydrogen-bond acceptors (Lipinski definition) is 1. The summed E-state index contributed by atoms with van der Waals surface area (Å²) in [5, 5.41) is 0. The van der Waals surface area contributed by atoms with Crippen molar-refractivity contribution in [1.82, 2.24) is 4.57 Å². The largest absolute Gasteiger partial charge is 0.416 e. The molecular formula is C25H18F3NO. The zero-order valence-electron chi connectivity index (χ0n) is 16.1. The van der Waals surface area contributed by atoms with Crippen molar-refractivity contribution in [2.75, 3.05) is 0 Å². The van der Waals surface area contributed by atoms with Crippen LogP contribution in [-0.2, 0) is 6.18 Å².